The summed E-state index contributed by atoms with van der Waals surface area (Å²) in [7, 11) is 0. The van der Waals surface area contributed by atoms with Crippen LogP contribution in [0.15, 0.2) is 36.5 Å². The number of nitrogens with one attached hydrogen (secondary N) is 1. The summed E-state index contributed by atoms with van der Waals surface area (Å²) < 4.78 is 4.98. The van der Waals surface area contributed by atoms with Gasteiger partial charge in [0.15, 0.2) is 0 Å². The van der Waals surface area contributed by atoms with Gasteiger partial charge in [0.05, 0.1) is 16.7 Å². The Hall–Kier alpha value is -1.78. The van der Waals surface area contributed by atoms with Gasteiger partial charge in [-0.1, -0.05) is 23.2 Å². The number of hydrogen-bond donors (Lipinski definition) is 1. The normalized spacial score (nSPS) is 10.2. The summed E-state index contributed by atoms with van der Waals surface area (Å²) >= 11 is 11.8. The van der Waals surface area contributed by atoms with Gasteiger partial charge in [0, 0.05) is 11.9 Å². The van der Waals surface area contributed by atoms with E-state index in [9.17, 15) is 4.79 Å². The molecule has 1 N–H and O–H groups in total. The second-order valence-corrected chi connectivity index (χ2v) is 4.69. The number of benzene rings is 1. The first kappa shape index (κ1) is 14.6. The molecule has 0 unspecified atom stereocenters. The molecule has 0 aliphatic heterocycles. The number of ether oxygens (including phenoxy) is 1. The molecule has 1 aromatic carbocycles. The molecule has 2 aromatic rings. The predicted octanol–water partition coefficient (Wildman–Crippen LogP) is 4.31. The second kappa shape index (κ2) is 6.59. The van der Waals surface area contributed by atoms with E-state index in [1.165, 1.54) is 0 Å². The lowest BCUT2D eigenvalue weighted by molar-refractivity contribution is 0.0527. The number of esters is 1. The largest absolute Gasteiger partial charge is 0.462 e. The topological polar surface area (TPSA) is 51.2 Å². The quantitative estimate of drug-likeness (QED) is 0.855. The second-order valence-electron chi connectivity index (χ2n) is 3.87. The van der Waals surface area contributed by atoms with Gasteiger partial charge in [-0.3, -0.25) is 0 Å². The van der Waals surface area contributed by atoms with E-state index in [0.29, 0.717) is 33.7 Å². The number of anilines is 2. The van der Waals surface area contributed by atoms with Crippen LogP contribution in [-0.4, -0.2) is 17.6 Å². The van der Waals surface area contributed by atoms with Crippen molar-refractivity contribution in [1.29, 1.82) is 0 Å². The molecule has 0 bridgehead atoms. The Bertz CT molecular complexity index is 632. The molecule has 0 saturated carbocycles. The summed E-state index contributed by atoms with van der Waals surface area (Å²) in [6.45, 7) is 2.06. The highest BCUT2D eigenvalue weighted by molar-refractivity contribution is 6.42. The maximum Gasteiger partial charge on any atom is 0.341 e. The highest BCUT2D eigenvalue weighted by Crippen LogP contribution is 2.27. The molecule has 0 fully saturated rings. The number of halogens is 2. The number of nitrogens with zero attached hydrogens (tertiary/aromatic N) is 1. The van der Waals surface area contributed by atoms with Crippen LogP contribution in [0.5, 0.6) is 0 Å². The molecule has 104 valence electrons. The maximum atomic E-state index is 11.8. The Morgan fingerprint density at radius 1 is 1.30 bits per heavy atom. The lowest BCUT2D eigenvalue weighted by atomic mass is 10.2. The number of aromatic nitrogens is 1. The minimum atomic E-state index is -0.428. The summed E-state index contributed by atoms with van der Waals surface area (Å²) in [5, 5.41) is 3.91. The molecule has 0 amide bonds. The third-order valence-corrected chi connectivity index (χ3v) is 3.22. The van der Waals surface area contributed by atoms with Gasteiger partial charge in [0.25, 0.3) is 0 Å². The van der Waals surface area contributed by atoms with Crippen LogP contribution >= 0.6 is 23.2 Å². The van der Waals surface area contributed by atoms with Crippen LogP contribution in [0.4, 0.5) is 11.5 Å². The Balaban J connectivity index is 2.29. The molecule has 1 heterocycles. The summed E-state index contributed by atoms with van der Waals surface area (Å²) in [4.78, 5) is 16.0. The van der Waals surface area contributed by atoms with E-state index < -0.39 is 5.97 Å². The fourth-order valence-electron chi connectivity index (χ4n) is 1.59. The Morgan fingerprint density at radius 3 is 2.80 bits per heavy atom. The van der Waals surface area contributed by atoms with Crippen molar-refractivity contribution in [3.8, 4) is 0 Å². The zero-order valence-electron chi connectivity index (χ0n) is 10.7. The lowest BCUT2D eigenvalue weighted by Gasteiger charge is -2.10. The number of hydrogen-bond acceptors (Lipinski definition) is 4. The zero-order chi connectivity index (χ0) is 14.5. The molecule has 0 atom stereocenters. The average molecular weight is 311 g/mol. The van der Waals surface area contributed by atoms with Gasteiger partial charge in [-0.2, -0.15) is 0 Å². The smallest absolute Gasteiger partial charge is 0.341 e. The molecule has 2 rings (SSSR count). The fourth-order valence-corrected chi connectivity index (χ4v) is 1.89. The van der Waals surface area contributed by atoms with E-state index in [1.54, 1.807) is 43.5 Å². The lowest BCUT2D eigenvalue weighted by Crippen LogP contribution is -2.09. The van der Waals surface area contributed by atoms with Crippen molar-refractivity contribution < 1.29 is 9.53 Å². The van der Waals surface area contributed by atoms with Crippen molar-refractivity contribution in [2.45, 2.75) is 6.92 Å². The van der Waals surface area contributed by atoms with Crippen LogP contribution in [-0.2, 0) is 4.74 Å². The van der Waals surface area contributed by atoms with Crippen LogP contribution in [0.1, 0.15) is 17.3 Å². The molecular formula is C14H12Cl2N2O2. The molecule has 20 heavy (non-hydrogen) atoms. The molecule has 4 nitrogen and oxygen atoms in total. The SMILES string of the molecule is CCOC(=O)c1cccnc1Nc1ccc(Cl)c(Cl)c1. The van der Waals surface area contributed by atoms with Gasteiger partial charge in [-0.05, 0) is 37.3 Å². The number of carbonyl (C=O) groups excluding carboxylic acids is 1. The highest BCUT2D eigenvalue weighted by Gasteiger charge is 2.13. The van der Waals surface area contributed by atoms with E-state index >= 15 is 0 Å². The van der Waals surface area contributed by atoms with Crippen LogP contribution in [0.3, 0.4) is 0 Å². The van der Waals surface area contributed by atoms with Gasteiger partial charge >= 0.3 is 5.97 Å². The van der Waals surface area contributed by atoms with Gasteiger partial charge in [-0.15, -0.1) is 0 Å². The predicted molar refractivity (Wildman–Crippen MR) is 79.9 cm³/mol. The third-order valence-electron chi connectivity index (χ3n) is 2.49. The van der Waals surface area contributed by atoms with E-state index in [4.69, 9.17) is 27.9 Å². The molecule has 6 heteroatoms. The standard InChI is InChI=1S/C14H12Cl2N2O2/c1-2-20-14(19)10-4-3-7-17-13(10)18-9-5-6-11(15)12(16)8-9/h3-8H,2H2,1H3,(H,17,18). The molecule has 0 aliphatic carbocycles. The minimum Gasteiger partial charge on any atom is -0.462 e. The maximum absolute atomic E-state index is 11.8. The number of pyridine rings is 1. The van der Waals surface area contributed by atoms with Crippen molar-refractivity contribution in [2.75, 3.05) is 11.9 Å². The zero-order valence-corrected chi connectivity index (χ0v) is 12.2. The van der Waals surface area contributed by atoms with Crippen molar-refractivity contribution >= 4 is 40.7 Å². The van der Waals surface area contributed by atoms with Crippen molar-refractivity contribution in [2.24, 2.45) is 0 Å². The van der Waals surface area contributed by atoms with Gasteiger partial charge < -0.3 is 10.1 Å². The van der Waals surface area contributed by atoms with Crippen molar-refractivity contribution in [1.82, 2.24) is 4.98 Å². The summed E-state index contributed by atoms with van der Waals surface area (Å²) in [6.07, 6.45) is 1.59. The Labute approximate surface area is 126 Å². The monoisotopic (exact) mass is 310 g/mol. The van der Waals surface area contributed by atoms with Crippen molar-refractivity contribution in [3.05, 3.63) is 52.1 Å². The van der Waals surface area contributed by atoms with Gasteiger partial charge in [0.2, 0.25) is 0 Å². The first-order valence-electron chi connectivity index (χ1n) is 5.96. The summed E-state index contributed by atoms with van der Waals surface area (Å²) in [5.41, 5.74) is 1.05. The van der Waals surface area contributed by atoms with E-state index in [0.717, 1.165) is 0 Å². The Morgan fingerprint density at radius 2 is 2.10 bits per heavy atom. The van der Waals surface area contributed by atoms with Crippen LogP contribution < -0.4 is 5.32 Å². The summed E-state index contributed by atoms with van der Waals surface area (Å²) in [6, 6.07) is 8.39. The molecule has 0 radical (unpaired) electrons. The van der Waals surface area contributed by atoms with Crippen LogP contribution in [0.2, 0.25) is 10.0 Å². The first-order chi connectivity index (χ1) is 9.61. The van der Waals surface area contributed by atoms with Crippen LogP contribution in [0.25, 0.3) is 0 Å². The molecule has 0 spiro atoms. The Kier molecular flexibility index (Phi) is 4.82. The molecule has 0 aliphatic rings. The summed E-state index contributed by atoms with van der Waals surface area (Å²) in [5.74, 6) is -0.0208. The number of rotatable bonds is 4. The molecular weight excluding hydrogens is 299 g/mol. The van der Waals surface area contributed by atoms with Gasteiger partial charge in [0.1, 0.15) is 11.4 Å². The highest BCUT2D eigenvalue weighted by atomic mass is 35.5. The van der Waals surface area contributed by atoms with Gasteiger partial charge in [-0.25, -0.2) is 9.78 Å². The molecule has 0 saturated heterocycles. The van der Waals surface area contributed by atoms with Crippen LogP contribution in [0, 0.1) is 0 Å². The number of carbonyl (C=O) groups is 1. The minimum absolute atomic E-state index is 0.305. The van der Waals surface area contributed by atoms with E-state index in [2.05, 4.69) is 10.3 Å². The van der Waals surface area contributed by atoms with Crippen molar-refractivity contribution in [3.63, 3.8) is 0 Å². The molecule has 1 aromatic heterocycles. The van der Waals surface area contributed by atoms with E-state index in [1.807, 2.05) is 0 Å². The third kappa shape index (κ3) is 3.40. The first-order valence-corrected chi connectivity index (χ1v) is 6.71. The van der Waals surface area contributed by atoms with E-state index in [-0.39, 0.29) is 0 Å². The fraction of sp³-hybridized carbons (Fsp3) is 0.143. The average Bonchev–Trinajstić information content (AvgIpc) is 2.44.